The molecule has 1 amide bonds. The second kappa shape index (κ2) is 5.48. The fourth-order valence-corrected chi connectivity index (χ4v) is 2.29. The zero-order chi connectivity index (χ0) is 14.0. The molecule has 0 bridgehead atoms. The lowest BCUT2D eigenvalue weighted by Crippen LogP contribution is -2.29. The van der Waals surface area contributed by atoms with Gasteiger partial charge in [0.15, 0.2) is 0 Å². The van der Waals surface area contributed by atoms with Crippen molar-refractivity contribution in [2.75, 3.05) is 20.6 Å². The van der Waals surface area contributed by atoms with Gasteiger partial charge in [-0.2, -0.15) is 0 Å². The van der Waals surface area contributed by atoms with Gasteiger partial charge < -0.3 is 10.6 Å². The fraction of sp³-hybridized carbons (Fsp3) is 0.429. The number of nitrogens with zero attached hydrogens (tertiary/aromatic N) is 2. The Morgan fingerprint density at radius 1 is 1.58 bits per heavy atom. The molecular weight excluding hydrogens is 245 g/mol. The second-order valence-corrected chi connectivity index (χ2v) is 5.06. The largest absolute Gasteiger partial charge is 0.369 e. The van der Waals surface area contributed by atoms with Crippen molar-refractivity contribution in [2.45, 2.75) is 12.8 Å². The maximum absolute atomic E-state index is 13.4. The molecule has 0 radical (unpaired) electrons. The van der Waals surface area contributed by atoms with Gasteiger partial charge >= 0.3 is 0 Å². The van der Waals surface area contributed by atoms with E-state index in [0.29, 0.717) is 12.8 Å². The molecule has 1 heterocycles. The summed E-state index contributed by atoms with van der Waals surface area (Å²) in [6.45, 7) is 0.742. The summed E-state index contributed by atoms with van der Waals surface area (Å²) in [5.74, 6) is -1.08. The first-order chi connectivity index (χ1) is 8.99. The van der Waals surface area contributed by atoms with Crippen molar-refractivity contribution in [1.29, 1.82) is 0 Å². The van der Waals surface area contributed by atoms with E-state index in [1.54, 1.807) is 6.20 Å². The average Bonchev–Trinajstić information content (AvgIpc) is 2.72. The molecule has 5 heteroatoms. The van der Waals surface area contributed by atoms with Crippen molar-refractivity contribution >= 4 is 11.6 Å². The molecule has 1 unspecified atom stereocenters. The molecule has 0 saturated carbocycles. The maximum Gasteiger partial charge on any atom is 0.225 e. The van der Waals surface area contributed by atoms with E-state index >= 15 is 0 Å². The summed E-state index contributed by atoms with van der Waals surface area (Å²) in [6.07, 6.45) is 5.65. The number of rotatable bonds is 5. The van der Waals surface area contributed by atoms with E-state index in [-0.39, 0.29) is 11.7 Å². The highest BCUT2D eigenvalue weighted by Crippen LogP contribution is 2.33. The van der Waals surface area contributed by atoms with Gasteiger partial charge in [-0.1, -0.05) is 0 Å². The van der Waals surface area contributed by atoms with Crippen LogP contribution in [0.5, 0.6) is 0 Å². The Morgan fingerprint density at radius 3 is 2.95 bits per heavy atom. The van der Waals surface area contributed by atoms with Crippen LogP contribution >= 0.6 is 0 Å². The van der Waals surface area contributed by atoms with Crippen molar-refractivity contribution in [2.24, 2.45) is 16.6 Å². The molecule has 1 atom stereocenters. The smallest absolute Gasteiger partial charge is 0.225 e. The molecule has 1 aliphatic carbocycles. The van der Waals surface area contributed by atoms with E-state index in [1.165, 1.54) is 12.2 Å². The van der Waals surface area contributed by atoms with Crippen LogP contribution in [-0.2, 0) is 4.79 Å². The summed E-state index contributed by atoms with van der Waals surface area (Å²) >= 11 is 0. The van der Waals surface area contributed by atoms with Crippen LogP contribution in [0.15, 0.2) is 40.3 Å². The Balaban J connectivity index is 2.20. The summed E-state index contributed by atoms with van der Waals surface area (Å²) in [5.41, 5.74) is 7.75. The van der Waals surface area contributed by atoms with Crippen LogP contribution in [0.25, 0.3) is 0 Å². The van der Waals surface area contributed by atoms with Crippen molar-refractivity contribution < 1.29 is 9.18 Å². The number of carbonyl (C=O) groups excluding carboxylic acids is 1. The lowest BCUT2D eigenvalue weighted by Gasteiger charge is -2.20. The summed E-state index contributed by atoms with van der Waals surface area (Å²) in [7, 11) is 3.87. The molecule has 2 rings (SSSR count). The van der Waals surface area contributed by atoms with Gasteiger partial charge in [-0.25, -0.2) is 4.39 Å². The molecular formula is C14H18FN3O. The highest BCUT2D eigenvalue weighted by atomic mass is 19.1. The fourth-order valence-electron chi connectivity index (χ4n) is 2.29. The topological polar surface area (TPSA) is 58.7 Å². The number of aliphatic imine (C=N–C) groups is 1. The van der Waals surface area contributed by atoms with E-state index in [9.17, 15) is 9.18 Å². The quantitative estimate of drug-likeness (QED) is 0.818. The van der Waals surface area contributed by atoms with Gasteiger partial charge in [0.1, 0.15) is 5.83 Å². The minimum absolute atomic E-state index is 0.280. The van der Waals surface area contributed by atoms with Crippen LogP contribution in [-0.4, -0.2) is 37.2 Å². The van der Waals surface area contributed by atoms with E-state index in [1.807, 2.05) is 19.0 Å². The van der Waals surface area contributed by atoms with E-state index in [2.05, 4.69) is 4.99 Å². The number of primary amides is 1. The minimum Gasteiger partial charge on any atom is -0.369 e. The molecule has 2 aliphatic rings. The van der Waals surface area contributed by atoms with Gasteiger partial charge in [0.25, 0.3) is 0 Å². The van der Waals surface area contributed by atoms with Crippen LogP contribution in [0.4, 0.5) is 4.39 Å². The summed E-state index contributed by atoms with van der Waals surface area (Å²) < 4.78 is 13.4. The van der Waals surface area contributed by atoms with Gasteiger partial charge in [-0.15, -0.1) is 0 Å². The molecule has 102 valence electrons. The summed E-state index contributed by atoms with van der Waals surface area (Å²) in [4.78, 5) is 17.9. The van der Waals surface area contributed by atoms with E-state index < -0.39 is 5.92 Å². The lowest BCUT2D eigenvalue weighted by molar-refractivity contribution is -0.120. The average molecular weight is 263 g/mol. The second-order valence-electron chi connectivity index (χ2n) is 5.06. The third-order valence-electron chi connectivity index (χ3n) is 3.34. The van der Waals surface area contributed by atoms with E-state index in [0.717, 1.165) is 23.4 Å². The Labute approximate surface area is 112 Å². The summed E-state index contributed by atoms with van der Waals surface area (Å²) in [5, 5.41) is 0. The molecule has 4 nitrogen and oxygen atoms in total. The predicted octanol–water partition coefficient (Wildman–Crippen LogP) is 1.56. The molecule has 1 aliphatic heterocycles. The first kappa shape index (κ1) is 13.7. The normalized spacial score (nSPS) is 19.4. The SMILES string of the molecule is CN(C)CCC(C(N)=O)C1=CN=C2CC=C(F)C=C12. The lowest BCUT2D eigenvalue weighted by atomic mass is 9.86. The number of hydrogen-bond acceptors (Lipinski definition) is 3. The van der Waals surface area contributed by atoms with Crippen molar-refractivity contribution in [3.8, 4) is 0 Å². The zero-order valence-electron chi connectivity index (χ0n) is 11.2. The minimum atomic E-state index is -0.416. The van der Waals surface area contributed by atoms with Gasteiger partial charge in [0.05, 0.1) is 11.6 Å². The van der Waals surface area contributed by atoms with E-state index in [4.69, 9.17) is 5.73 Å². The van der Waals surface area contributed by atoms with Gasteiger partial charge in [-0.05, 0) is 44.8 Å². The Morgan fingerprint density at radius 2 is 2.32 bits per heavy atom. The maximum atomic E-state index is 13.4. The number of hydrogen-bond donors (Lipinski definition) is 1. The molecule has 2 N–H and O–H groups in total. The number of halogens is 1. The molecule has 0 aromatic carbocycles. The van der Waals surface area contributed by atoms with Crippen molar-refractivity contribution in [3.05, 3.63) is 35.3 Å². The molecule has 0 aromatic rings. The number of nitrogens with two attached hydrogens (primary N) is 1. The molecule has 0 spiro atoms. The zero-order valence-corrected chi connectivity index (χ0v) is 11.2. The number of carbonyl (C=O) groups is 1. The standard InChI is InChI=1S/C14H18FN3O/c1-18(2)6-5-10(14(16)19)12-8-17-13-4-3-9(15)7-11(12)13/h3,7-8,10H,4-6H2,1-2H3,(H2,16,19). The van der Waals surface area contributed by atoms with Crippen LogP contribution in [0, 0.1) is 5.92 Å². The number of allylic oxidation sites excluding steroid dienone is 4. The first-order valence-electron chi connectivity index (χ1n) is 6.28. The Hall–Kier alpha value is -1.75. The molecule has 0 aromatic heterocycles. The highest BCUT2D eigenvalue weighted by Gasteiger charge is 2.29. The third kappa shape index (κ3) is 2.98. The number of amides is 1. The highest BCUT2D eigenvalue weighted by molar-refractivity contribution is 6.09. The Bertz CT molecular complexity index is 515. The third-order valence-corrected chi connectivity index (χ3v) is 3.34. The summed E-state index contributed by atoms with van der Waals surface area (Å²) in [6, 6.07) is 0. The number of fused-ring (bicyclic) bond motifs is 1. The predicted molar refractivity (Wildman–Crippen MR) is 73.3 cm³/mol. The van der Waals surface area contributed by atoms with Gasteiger partial charge in [-0.3, -0.25) is 9.79 Å². The van der Waals surface area contributed by atoms with Crippen LogP contribution in [0.2, 0.25) is 0 Å². The monoisotopic (exact) mass is 263 g/mol. The van der Waals surface area contributed by atoms with Crippen LogP contribution in [0.3, 0.4) is 0 Å². The first-order valence-corrected chi connectivity index (χ1v) is 6.28. The van der Waals surface area contributed by atoms with Gasteiger partial charge in [0.2, 0.25) is 5.91 Å². The Kier molecular flexibility index (Phi) is 3.95. The molecule has 0 fully saturated rings. The molecule has 0 saturated heterocycles. The van der Waals surface area contributed by atoms with Crippen LogP contribution in [0.1, 0.15) is 12.8 Å². The van der Waals surface area contributed by atoms with Crippen LogP contribution < -0.4 is 5.73 Å². The van der Waals surface area contributed by atoms with Crippen molar-refractivity contribution in [1.82, 2.24) is 4.90 Å². The van der Waals surface area contributed by atoms with Crippen molar-refractivity contribution in [3.63, 3.8) is 0 Å². The molecule has 19 heavy (non-hydrogen) atoms. The van der Waals surface area contributed by atoms with Gasteiger partial charge in [0, 0.05) is 18.2 Å².